The molecule has 0 bridgehead atoms. The second-order valence-electron chi connectivity index (χ2n) is 9.14. The van der Waals surface area contributed by atoms with Crippen LogP contribution in [-0.4, -0.2) is 86.3 Å². The van der Waals surface area contributed by atoms with Gasteiger partial charge in [-0.2, -0.15) is 0 Å². The minimum absolute atomic E-state index is 0.431. The van der Waals surface area contributed by atoms with Gasteiger partial charge in [0, 0.05) is 25.7 Å². The predicted octanol–water partition coefficient (Wildman–Crippen LogP) is 2.29. The van der Waals surface area contributed by atoms with E-state index in [4.69, 9.17) is 4.74 Å². The number of hydrogen-bond acceptors (Lipinski definition) is 4. The van der Waals surface area contributed by atoms with Gasteiger partial charge in [0.2, 0.25) is 0 Å². The number of rotatable bonds is 3. The monoisotopic (exact) mass is 335 g/mol. The zero-order valence-corrected chi connectivity index (χ0v) is 15.9. The van der Waals surface area contributed by atoms with Crippen LogP contribution in [-0.2, 0) is 4.74 Å². The van der Waals surface area contributed by atoms with Crippen LogP contribution in [0.4, 0.5) is 0 Å². The summed E-state index contributed by atoms with van der Waals surface area (Å²) in [6.45, 7) is 12.2. The van der Waals surface area contributed by atoms with Crippen LogP contribution in [0.2, 0.25) is 0 Å². The van der Waals surface area contributed by atoms with Crippen molar-refractivity contribution in [3.05, 3.63) is 0 Å². The highest BCUT2D eigenvalue weighted by Gasteiger charge is 2.50. The normalized spacial score (nSPS) is 36.8. The number of morpholine rings is 1. The molecule has 1 saturated carbocycles. The van der Waals surface area contributed by atoms with Gasteiger partial charge in [0.15, 0.2) is 0 Å². The fourth-order valence-corrected chi connectivity index (χ4v) is 5.75. The van der Waals surface area contributed by atoms with Crippen LogP contribution in [0.3, 0.4) is 0 Å². The second kappa shape index (κ2) is 7.22. The second-order valence-corrected chi connectivity index (χ2v) is 9.14. The summed E-state index contributed by atoms with van der Waals surface area (Å²) in [5.41, 5.74) is 0.653. The van der Waals surface area contributed by atoms with Gasteiger partial charge in [-0.1, -0.05) is 0 Å². The van der Waals surface area contributed by atoms with Crippen LogP contribution in [0.15, 0.2) is 0 Å². The average molecular weight is 336 g/mol. The van der Waals surface area contributed by atoms with Crippen molar-refractivity contribution in [3.8, 4) is 0 Å². The summed E-state index contributed by atoms with van der Waals surface area (Å²) in [5.74, 6) is 0.951. The molecule has 4 aliphatic rings. The maximum atomic E-state index is 5.76. The summed E-state index contributed by atoms with van der Waals surface area (Å²) in [4.78, 5) is 8.05. The smallest absolute Gasteiger partial charge is 0.0674 e. The van der Waals surface area contributed by atoms with Gasteiger partial charge in [-0.3, -0.25) is 4.90 Å². The Labute approximate surface area is 148 Å². The Morgan fingerprint density at radius 2 is 1.71 bits per heavy atom. The largest absolute Gasteiger partial charge is 0.376 e. The third kappa shape index (κ3) is 3.53. The molecule has 0 aromatic heterocycles. The fourth-order valence-electron chi connectivity index (χ4n) is 5.75. The fraction of sp³-hybridized carbons (Fsp3) is 1.00. The molecule has 0 radical (unpaired) electrons. The van der Waals surface area contributed by atoms with Gasteiger partial charge in [0.05, 0.1) is 12.7 Å². The molecule has 1 spiro atoms. The SMILES string of the molecule is C[C@@H]1CN(C2CCC23CCN(CC2CCN(C)CC2)CC3)CCO1. The summed E-state index contributed by atoms with van der Waals surface area (Å²) in [6.07, 6.45) is 9.04. The summed E-state index contributed by atoms with van der Waals surface area (Å²) < 4.78 is 5.76. The molecule has 4 rings (SSSR count). The van der Waals surface area contributed by atoms with E-state index in [0.717, 1.165) is 31.7 Å². The molecule has 3 heterocycles. The summed E-state index contributed by atoms with van der Waals surface area (Å²) in [5, 5.41) is 0. The molecule has 4 nitrogen and oxygen atoms in total. The van der Waals surface area contributed by atoms with E-state index in [9.17, 15) is 0 Å². The Hall–Kier alpha value is -0.160. The number of nitrogens with zero attached hydrogens (tertiary/aromatic N) is 3. The van der Waals surface area contributed by atoms with Crippen molar-refractivity contribution in [2.75, 3.05) is 59.5 Å². The van der Waals surface area contributed by atoms with Crippen molar-refractivity contribution in [2.45, 2.75) is 57.6 Å². The molecule has 0 aromatic carbocycles. The highest BCUT2D eigenvalue weighted by atomic mass is 16.5. The maximum absolute atomic E-state index is 5.76. The zero-order chi connectivity index (χ0) is 16.6. The lowest BCUT2D eigenvalue weighted by Crippen LogP contribution is -2.62. The van der Waals surface area contributed by atoms with Crippen LogP contribution < -0.4 is 0 Å². The standard InChI is InChI=1S/C20H37N3O/c1-17-15-23(13-14-24-17)19-3-6-20(19)7-11-22(12-8-20)16-18-4-9-21(2)10-5-18/h17-19H,3-16H2,1-2H3/t17-,19?/m1/s1. The molecule has 24 heavy (non-hydrogen) atoms. The molecule has 3 saturated heterocycles. The van der Waals surface area contributed by atoms with Crippen LogP contribution >= 0.6 is 0 Å². The van der Waals surface area contributed by atoms with Crippen LogP contribution in [0, 0.1) is 11.3 Å². The van der Waals surface area contributed by atoms with Gasteiger partial charge in [0.1, 0.15) is 0 Å². The predicted molar refractivity (Wildman–Crippen MR) is 98.3 cm³/mol. The lowest BCUT2D eigenvalue weighted by molar-refractivity contribution is -0.115. The zero-order valence-electron chi connectivity index (χ0n) is 15.9. The van der Waals surface area contributed by atoms with E-state index in [1.807, 2.05) is 0 Å². The lowest BCUT2D eigenvalue weighted by Gasteiger charge is -2.58. The lowest BCUT2D eigenvalue weighted by atomic mass is 9.58. The first-order chi connectivity index (χ1) is 11.6. The molecular weight excluding hydrogens is 298 g/mol. The molecule has 0 aromatic rings. The Balaban J connectivity index is 1.26. The van der Waals surface area contributed by atoms with Gasteiger partial charge in [0.25, 0.3) is 0 Å². The van der Waals surface area contributed by atoms with Crippen molar-refractivity contribution in [3.63, 3.8) is 0 Å². The summed E-state index contributed by atoms with van der Waals surface area (Å²) in [6, 6.07) is 0.856. The molecule has 0 N–H and O–H groups in total. The Morgan fingerprint density at radius 3 is 2.33 bits per heavy atom. The van der Waals surface area contributed by atoms with Crippen molar-refractivity contribution < 1.29 is 4.74 Å². The Kier molecular flexibility index (Phi) is 5.19. The van der Waals surface area contributed by atoms with Crippen molar-refractivity contribution in [1.29, 1.82) is 0 Å². The average Bonchev–Trinajstić information content (AvgIpc) is 2.57. The molecule has 4 heteroatoms. The summed E-state index contributed by atoms with van der Waals surface area (Å²) in [7, 11) is 2.27. The van der Waals surface area contributed by atoms with E-state index < -0.39 is 0 Å². The molecule has 2 atom stereocenters. The van der Waals surface area contributed by atoms with E-state index in [0.29, 0.717) is 11.5 Å². The highest BCUT2D eigenvalue weighted by Crippen LogP contribution is 2.51. The highest BCUT2D eigenvalue weighted by molar-refractivity contribution is 5.04. The van der Waals surface area contributed by atoms with Gasteiger partial charge in [-0.25, -0.2) is 0 Å². The third-order valence-electron chi connectivity index (χ3n) is 7.54. The molecule has 138 valence electrons. The van der Waals surface area contributed by atoms with Crippen molar-refractivity contribution >= 4 is 0 Å². The Bertz CT molecular complexity index is 413. The summed E-state index contributed by atoms with van der Waals surface area (Å²) >= 11 is 0. The molecule has 1 aliphatic carbocycles. The van der Waals surface area contributed by atoms with Gasteiger partial charge >= 0.3 is 0 Å². The van der Waals surface area contributed by atoms with Crippen LogP contribution in [0.5, 0.6) is 0 Å². The molecule has 0 amide bonds. The quantitative estimate of drug-likeness (QED) is 0.788. The van der Waals surface area contributed by atoms with Crippen molar-refractivity contribution in [1.82, 2.24) is 14.7 Å². The number of ether oxygens (including phenoxy) is 1. The van der Waals surface area contributed by atoms with Gasteiger partial charge in [-0.05, 0) is 90.0 Å². The minimum atomic E-state index is 0.431. The first kappa shape index (κ1) is 17.3. The van der Waals surface area contributed by atoms with E-state index in [1.54, 1.807) is 0 Å². The van der Waals surface area contributed by atoms with E-state index >= 15 is 0 Å². The molecular formula is C20H37N3O. The Morgan fingerprint density at radius 1 is 0.958 bits per heavy atom. The first-order valence-electron chi connectivity index (χ1n) is 10.4. The topological polar surface area (TPSA) is 19.0 Å². The van der Waals surface area contributed by atoms with E-state index in [1.165, 1.54) is 71.2 Å². The third-order valence-corrected chi connectivity index (χ3v) is 7.54. The maximum Gasteiger partial charge on any atom is 0.0674 e. The minimum Gasteiger partial charge on any atom is -0.376 e. The van der Waals surface area contributed by atoms with E-state index in [-0.39, 0.29) is 0 Å². The van der Waals surface area contributed by atoms with Gasteiger partial charge < -0.3 is 14.5 Å². The van der Waals surface area contributed by atoms with E-state index in [2.05, 4.69) is 28.7 Å². The first-order valence-corrected chi connectivity index (χ1v) is 10.4. The van der Waals surface area contributed by atoms with Crippen LogP contribution in [0.25, 0.3) is 0 Å². The van der Waals surface area contributed by atoms with Crippen molar-refractivity contribution in [2.24, 2.45) is 11.3 Å². The van der Waals surface area contributed by atoms with Crippen LogP contribution in [0.1, 0.15) is 45.4 Å². The molecule has 3 aliphatic heterocycles. The number of hydrogen-bond donors (Lipinski definition) is 0. The van der Waals surface area contributed by atoms with Gasteiger partial charge in [-0.15, -0.1) is 0 Å². The molecule has 1 unspecified atom stereocenters. The number of likely N-dealkylation sites (tertiary alicyclic amines) is 2. The number of piperidine rings is 2. The molecule has 4 fully saturated rings.